The maximum atomic E-state index is 13.2. The molecule has 0 aromatic heterocycles. The van der Waals surface area contributed by atoms with Crippen molar-refractivity contribution in [1.82, 2.24) is 10.2 Å². The molecule has 1 unspecified atom stereocenters. The van der Waals surface area contributed by atoms with Crippen LogP contribution in [0.1, 0.15) is 31.2 Å². The van der Waals surface area contributed by atoms with E-state index in [1.807, 2.05) is 6.07 Å². The number of halogens is 2. The van der Waals surface area contributed by atoms with Gasteiger partial charge in [-0.05, 0) is 49.9 Å². The maximum Gasteiger partial charge on any atom is 0.141 e. The minimum Gasteiger partial charge on any atom is -0.313 e. The van der Waals surface area contributed by atoms with E-state index in [0.717, 1.165) is 25.2 Å². The highest BCUT2D eigenvalue weighted by atomic mass is 35.5. The molecule has 2 nitrogen and oxygen atoms in total. The number of hydrogen-bond donors (Lipinski definition) is 1. The van der Waals surface area contributed by atoms with Gasteiger partial charge in [-0.1, -0.05) is 17.7 Å². The zero-order chi connectivity index (χ0) is 13.2. The Kier molecular flexibility index (Phi) is 4.06. The van der Waals surface area contributed by atoms with Crippen LogP contribution in [0.3, 0.4) is 0 Å². The molecule has 2 aliphatic rings. The average Bonchev–Trinajstić information content (AvgIpc) is 3.12. The van der Waals surface area contributed by atoms with E-state index in [4.69, 9.17) is 11.6 Å². The fraction of sp³-hybridized carbons (Fsp3) is 0.600. The standard InChI is InChI=1S/C15H20ClFN2/c16-14-8-11(3-6-15(14)17)9-19(13-4-5-13)10-12-2-1-7-18-12/h3,6,8,12-13,18H,1-2,4-5,7,9-10H2. The summed E-state index contributed by atoms with van der Waals surface area (Å²) in [5.41, 5.74) is 1.11. The fourth-order valence-corrected chi connectivity index (χ4v) is 3.05. The van der Waals surface area contributed by atoms with E-state index in [-0.39, 0.29) is 10.8 Å². The van der Waals surface area contributed by atoms with Gasteiger partial charge in [0.1, 0.15) is 5.82 Å². The lowest BCUT2D eigenvalue weighted by molar-refractivity contribution is 0.231. The van der Waals surface area contributed by atoms with E-state index in [1.165, 1.54) is 31.7 Å². The third-order valence-corrected chi connectivity index (χ3v) is 4.34. The van der Waals surface area contributed by atoms with Crippen molar-refractivity contribution < 1.29 is 4.39 Å². The van der Waals surface area contributed by atoms with Gasteiger partial charge in [0.25, 0.3) is 0 Å². The first-order chi connectivity index (χ1) is 9.22. The van der Waals surface area contributed by atoms with Crippen LogP contribution in [0.25, 0.3) is 0 Å². The highest BCUT2D eigenvalue weighted by Gasteiger charge is 2.31. The van der Waals surface area contributed by atoms with Crippen LogP contribution < -0.4 is 5.32 Å². The summed E-state index contributed by atoms with van der Waals surface area (Å²) in [6.07, 6.45) is 5.14. The quantitative estimate of drug-likeness (QED) is 0.892. The number of hydrogen-bond acceptors (Lipinski definition) is 2. The zero-order valence-corrected chi connectivity index (χ0v) is 11.8. The molecule has 1 N–H and O–H groups in total. The van der Waals surface area contributed by atoms with Gasteiger partial charge in [0.2, 0.25) is 0 Å². The van der Waals surface area contributed by atoms with Crippen molar-refractivity contribution in [2.45, 2.75) is 44.3 Å². The molecule has 0 radical (unpaired) electrons. The summed E-state index contributed by atoms with van der Waals surface area (Å²) in [6, 6.07) is 6.41. The molecule has 1 aliphatic heterocycles. The van der Waals surface area contributed by atoms with Gasteiger partial charge in [0.05, 0.1) is 5.02 Å². The van der Waals surface area contributed by atoms with E-state index in [2.05, 4.69) is 10.2 Å². The molecule has 2 fully saturated rings. The molecule has 19 heavy (non-hydrogen) atoms. The molecular formula is C15H20ClFN2. The normalized spacial score (nSPS) is 23.2. The van der Waals surface area contributed by atoms with Crippen molar-refractivity contribution in [3.05, 3.63) is 34.6 Å². The molecule has 1 saturated carbocycles. The molecular weight excluding hydrogens is 263 g/mol. The van der Waals surface area contributed by atoms with E-state index in [1.54, 1.807) is 6.07 Å². The van der Waals surface area contributed by atoms with Gasteiger partial charge >= 0.3 is 0 Å². The minimum absolute atomic E-state index is 0.229. The van der Waals surface area contributed by atoms with Gasteiger partial charge < -0.3 is 5.32 Å². The van der Waals surface area contributed by atoms with Gasteiger partial charge in [-0.2, -0.15) is 0 Å². The lowest BCUT2D eigenvalue weighted by Crippen LogP contribution is -2.38. The van der Waals surface area contributed by atoms with Crippen molar-refractivity contribution in [1.29, 1.82) is 0 Å². The summed E-state index contributed by atoms with van der Waals surface area (Å²) in [5.74, 6) is -0.333. The number of nitrogens with zero attached hydrogens (tertiary/aromatic N) is 1. The summed E-state index contributed by atoms with van der Waals surface area (Å²) < 4.78 is 13.2. The molecule has 1 saturated heterocycles. The Balaban J connectivity index is 1.64. The molecule has 0 spiro atoms. The first-order valence-corrected chi connectivity index (χ1v) is 7.51. The maximum absolute atomic E-state index is 13.2. The molecule has 0 bridgehead atoms. The predicted molar refractivity (Wildman–Crippen MR) is 75.9 cm³/mol. The molecule has 3 rings (SSSR count). The van der Waals surface area contributed by atoms with Gasteiger partial charge in [0.15, 0.2) is 0 Å². The fourth-order valence-electron chi connectivity index (χ4n) is 2.85. The minimum atomic E-state index is -0.333. The van der Waals surface area contributed by atoms with Crippen molar-refractivity contribution in [3.63, 3.8) is 0 Å². The first kappa shape index (κ1) is 13.3. The highest BCUT2D eigenvalue weighted by molar-refractivity contribution is 6.30. The Bertz CT molecular complexity index is 442. The summed E-state index contributed by atoms with van der Waals surface area (Å²) >= 11 is 5.86. The van der Waals surface area contributed by atoms with Crippen LogP contribution in [0.2, 0.25) is 5.02 Å². The third-order valence-electron chi connectivity index (χ3n) is 4.05. The van der Waals surface area contributed by atoms with Crippen LogP contribution in [0, 0.1) is 5.82 Å². The summed E-state index contributed by atoms with van der Waals surface area (Å²) in [7, 11) is 0. The molecule has 1 heterocycles. The Morgan fingerprint density at radius 1 is 1.32 bits per heavy atom. The zero-order valence-electron chi connectivity index (χ0n) is 11.0. The second-order valence-corrected chi connectivity index (χ2v) is 6.11. The summed E-state index contributed by atoms with van der Waals surface area (Å²) in [5, 5.41) is 3.78. The molecule has 1 aliphatic carbocycles. The average molecular weight is 283 g/mol. The SMILES string of the molecule is Fc1ccc(CN(CC2CCCN2)C2CC2)cc1Cl. The smallest absolute Gasteiger partial charge is 0.141 e. The Labute approximate surface area is 118 Å². The van der Waals surface area contributed by atoms with Crippen LogP contribution in [0.15, 0.2) is 18.2 Å². The number of nitrogens with one attached hydrogen (secondary N) is 1. The summed E-state index contributed by atoms with van der Waals surface area (Å²) in [4.78, 5) is 2.52. The van der Waals surface area contributed by atoms with Crippen molar-refractivity contribution in [2.24, 2.45) is 0 Å². The molecule has 1 atom stereocenters. The molecule has 1 aromatic carbocycles. The molecule has 104 valence electrons. The molecule has 4 heteroatoms. The van der Waals surface area contributed by atoms with Crippen LogP contribution in [-0.2, 0) is 6.54 Å². The largest absolute Gasteiger partial charge is 0.313 e. The highest BCUT2D eigenvalue weighted by Crippen LogP contribution is 2.29. The first-order valence-electron chi connectivity index (χ1n) is 7.14. The van der Waals surface area contributed by atoms with Crippen LogP contribution >= 0.6 is 11.6 Å². The van der Waals surface area contributed by atoms with Gasteiger partial charge in [-0.25, -0.2) is 4.39 Å². The van der Waals surface area contributed by atoms with Crippen molar-refractivity contribution >= 4 is 11.6 Å². The Morgan fingerprint density at radius 3 is 2.79 bits per heavy atom. The van der Waals surface area contributed by atoms with Crippen LogP contribution in [0.5, 0.6) is 0 Å². The second kappa shape index (κ2) is 5.78. The number of benzene rings is 1. The van der Waals surface area contributed by atoms with Crippen LogP contribution in [0.4, 0.5) is 4.39 Å². The van der Waals surface area contributed by atoms with Gasteiger partial charge in [0, 0.05) is 25.2 Å². The topological polar surface area (TPSA) is 15.3 Å². The Morgan fingerprint density at radius 2 is 2.16 bits per heavy atom. The van der Waals surface area contributed by atoms with Gasteiger partial charge in [-0.3, -0.25) is 4.90 Å². The Hall–Kier alpha value is -0.640. The van der Waals surface area contributed by atoms with E-state index in [0.29, 0.717) is 12.1 Å². The van der Waals surface area contributed by atoms with Gasteiger partial charge in [-0.15, -0.1) is 0 Å². The summed E-state index contributed by atoms with van der Waals surface area (Å²) in [6.45, 7) is 3.12. The lowest BCUT2D eigenvalue weighted by Gasteiger charge is -2.25. The molecule has 1 aromatic rings. The lowest BCUT2D eigenvalue weighted by atomic mass is 10.1. The van der Waals surface area contributed by atoms with E-state index < -0.39 is 0 Å². The number of rotatable bonds is 5. The second-order valence-electron chi connectivity index (χ2n) is 5.70. The molecule has 0 amide bonds. The third kappa shape index (κ3) is 3.47. The van der Waals surface area contributed by atoms with Crippen molar-refractivity contribution in [2.75, 3.05) is 13.1 Å². The monoisotopic (exact) mass is 282 g/mol. The predicted octanol–water partition coefficient (Wildman–Crippen LogP) is 3.20. The van der Waals surface area contributed by atoms with E-state index >= 15 is 0 Å². The van der Waals surface area contributed by atoms with Crippen molar-refractivity contribution in [3.8, 4) is 0 Å². The van der Waals surface area contributed by atoms with E-state index in [9.17, 15) is 4.39 Å². The van der Waals surface area contributed by atoms with Crippen LogP contribution in [-0.4, -0.2) is 30.1 Å².